The van der Waals surface area contributed by atoms with Crippen LogP contribution in [0.3, 0.4) is 0 Å². The maximum Gasteiger partial charge on any atom is -0.106 e. The summed E-state index contributed by atoms with van der Waals surface area (Å²) in [7, 11) is 0. The first-order valence-corrected chi connectivity index (χ1v) is 0.928. The zero-order chi connectivity index (χ0) is 3.41. The van der Waals surface area contributed by atoms with Crippen LogP contribution in [0.5, 0.6) is 0 Å². The fraction of sp³-hybridized carbons (Fsp3) is 0. The van der Waals surface area contributed by atoms with Crippen molar-refractivity contribution in [3.8, 4) is 0 Å². The van der Waals surface area contributed by atoms with Crippen LogP contribution < -0.4 is 5.64 Å². The highest BCUT2D eigenvalue weighted by Crippen LogP contribution is 1.36. The summed E-state index contributed by atoms with van der Waals surface area (Å²) in [6.45, 7) is 0. The monoisotopic (exact) mass is 80.0 g/mol. The Morgan fingerprint density at radius 2 is 2.25 bits per heavy atom. The molecule has 0 bridgehead atoms. The van der Waals surface area contributed by atoms with E-state index in [0.717, 1.165) is 0 Å². The van der Waals surface area contributed by atoms with E-state index in [2.05, 4.69) is 17.2 Å². The summed E-state index contributed by atoms with van der Waals surface area (Å²) in [6.07, 6.45) is 0. The first-order valence-electron chi connectivity index (χ1n) is 0.594. The Morgan fingerprint density at radius 3 is 2.25 bits per heavy atom. The van der Waals surface area contributed by atoms with Crippen molar-refractivity contribution in [3.63, 3.8) is 0 Å². The van der Waals surface area contributed by atoms with Crippen LogP contribution in [0.15, 0.2) is 0 Å². The largest absolute Gasteiger partial charge is 0.596 e. The average Bonchev–Trinajstić information content (AvgIpc) is 1.37. The first kappa shape index (κ1) is 4.23. The van der Waals surface area contributed by atoms with Crippen molar-refractivity contribution in [2.75, 3.05) is 0 Å². The van der Waals surface area contributed by atoms with Gasteiger partial charge in [-0.15, -0.1) is 5.64 Å². The molecule has 2 N–H and O–H groups in total. The van der Waals surface area contributed by atoms with Crippen LogP contribution in [0, 0.1) is 0 Å². The lowest BCUT2D eigenvalue weighted by Crippen LogP contribution is -2.00. The smallest absolute Gasteiger partial charge is 0.106 e. The van der Waals surface area contributed by atoms with Gasteiger partial charge in [0.05, 0.1) is 0 Å². The molecule has 26 valence electrons. The zero-order valence-electron chi connectivity index (χ0n) is 1.76. The number of rotatable bonds is 1. The quantitative estimate of drug-likeness (QED) is 0.324. The second kappa shape index (κ2) is 3.23. The lowest BCUT2D eigenvalue weighted by molar-refractivity contribution is -0.0261. The van der Waals surface area contributed by atoms with E-state index >= 15 is 0 Å². The van der Waals surface area contributed by atoms with Gasteiger partial charge in [0.15, 0.2) is 0 Å². The SMILES string of the molecule is ONO[S-]. The van der Waals surface area contributed by atoms with E-state index in [1.54, 1.807) is 0 Å². The molecular formula is H2NO2S-. The molecule has 0 fully saturated rings. The second-order valence-electron chi connectivity index (χ2n) is 0.175. The Balaban J connectivity index is 1.97. The summed E-state index contributed by atoms with van der Waals surface area (Å²) in [5.41, 5.74) is 1.25. The predicted molar refractivity (Wildman–Crippen MR) is 13.4 cm³/mol. The van der Waals surface area contributed by atoms with E-state index in [0.29, 0.717) is 0 Å². The Bertz CT molecular complexity index is 8.00. The lowest BCUT2D eigenvalue weighted by atomic mass is 13.3. The third-order valence-electron chi connectivity index (χ3n) is 0.0373. The zero-order valence-corrected chi connectivity index (χ0v) is 2.58. The van der Waals surface area contributed by atoms with Crippen molar-refractivity contribution in [1.82, 2.24) is 5.64 Å². The summed E-state index contributed by atoms with van der Waals surface area (Å²) in [6, 6.07) is 0. The normalized spacial score (nSPS) is 7.50. The maximum absolute atomic E-state index is 7.30. The molecule has 3 nitrogen and oxygen atoms in total. The van der Waals surface area contributed by atoms with Crippen LogP contribution in [-0.2, 0) is 17.2 Å². The van der Waals surface area contributed by atoms with E-state index < -0.39 is 0 Å². The Labute approximate surface area is 29.1 Å². The molecule has 4 heteroatoms. The first-order chi connectivity index (χ1) is 1.91. The summed E-state index contributed by atoms with van der Waals surface area (Å²) >= 11 is 3.69. The van der Waals surface area contributed by atoms with Crippen LogP contribution in [0.1, 0.15) is 0 Å². The summed E-state index contributed by atoms with van der Waals surface area (Å²) in [4.78, 5) is 0. The third-order valence-corrected chi connectivity index (χ3v) is 0.112. The Hall–Kier alpha value is 0.230. The van der Waals surface area contributed by atoms with Gasteiger partial charge in [-0.05, 0) is 0 Å². The maximum atomic E-state index is 7.30. The number of nitrogens with one attached hydrogen (secondary N) is 1. The van der Waals surface area contributed by atoms with Gasteiger partial charge in [0.25, 0.3) is 0 Å². The van der Waals surface area contributed by atoms with Gasteiger partial charge >= 0.3 is 0 Å². The molecule has 0 rings (SSSR count). The van der Waals surface area contributed by atoms with E-state index in [-0.39, 0.29) is 0 Å². The van der Waals surface area contributed by atoms with Gasteiger partial charge in [-0.1, -0.05) is 0 Å². The minimum Gasteiger partial charge on any atom is -0.596 e. The van der Waals surface area contributed by atoms with E-state index in [4.69, 9.17) is 5.21 Å². The van der Waals surface area contributed by atoms with Gasteiger partial charge in [-0.25, -0.2) is 0 Å². The van der Waals surface area contributed by atoms with Crippen LogP contribution in [0.25, 0.3) is 0 Å². The molecule has 4 heavy (non-hydrogen) atoms. The van der Waals surface area contributed by atoms with E-state index in [9.17, 15) is 0 Å². The molecule has 0 saturated carbocycles. The van der Waals surface area contributed by atoms with E-state index in [1.807, 2.05) is 0 Å². The number of hydrogen-bond acceptors (Lipinski definition) is 4. The van der Waals surface area contributed by atoms with Crippen molar-refractivity contribution in [2.24, 2.45) is 0 Å². The lowest BCUT2D eigenvalue weighted by Gasteiger charge is -1.96. The van der Waals surface area contributed by atoms with Gasteiger partial charge in [0.2, 0.25) is 0 Å². The average molecular weight is 80.1 g/mol. The second-order valence-corrected chi connectivity index (χ2v) is 0.341. The molecule has 0 aliphatic rings. The number of hydrogen-bond donors (Lipinski definition) is 2. The molecule has 0 aliphatic heterocycles. The minimum atomic E-state index is 1.25. The van der Waals surface area contributed by atoms with Crippen molar-refractivity contribution in [2.45, 2.75) is 0 Å². The van der Waals surface area contributed by atoms with E-state index in [1.165, 1.54) is 5.64 Å². The molecule has 0 atom stereocenters. The van der Waals surface area contributed by atoms with Crippen LogP contribution in [0.4, 0.5) is 0 Å². The molecule has 0 amide bonds. The molecular weight excluding hydrogens is 78.1 g/mol. The highest BCUT2D eigenvalue weighted by Gasteiger charge is 1.32. The highest BCUT2D eigenvalue weighted by atomic mass is 32.1. The molecule has 0 aromatic rings. The minimum absolute atomic E-state index is 1.25. The molecule has 0 unspecified atom stereocenters. The van der Waals surface area contributed by atoms with Gasteiger partial charge in [-0.2, -0.15) is 0 Å². The van der Waals surface area contributed by atoms with Gasteiger partial charge in [0.1, 0.15) is 0 Å². The predicted octanol–water partition coefficient (Wildman–Crippen LogP) is -0.641. The standard InChI is InChI=1S/H3NO2S/c2-1-3-4/h1-2,4H/p-1. The Morgan fingerprint density at radius 1 is 2.00 bits per heavy atom. The summed E-state index contributed by atoms with van der Waals surface area (Å²) in [5.74, 6) is 0. The molecule has 0 spiro atoms. The highest BCUT2D eigenvalue weighted by molar-refractivity contribution is 7.53. The van der Waals surface area contributed by atoms with Crippen molar-refractivity contribution in [3.05, 3.63) is 0 Å². The Kier molecular flexibility index (Phi) is 3.42. The molecule has 0 aromatic heterocycles. The fourth-order valence-electron chi connectivity index (χ4n) is 0. The van der Waals surface area contributed by atoms with Gasteiger partial charge in [-0.3, -0.25) is 5.21 Å². The topological polar surface area (TPSA) is 41.5 Å². The molecule has 0 heterocycles. The summed E-state index contributed by atoms with van der Waals surface area (Å²) in [5, 5.41) is 7.30. The summed E-state index contributed by atoms with van der Waals surface area (Å²) < 4.78 is 3.43. The third kappa shape index (κ3) is 2.23. The van der Waals surface area contributed by atoms with Crippen LogP contribution in [0.2, 0.25) is 0 Å². The van der Waals surface area contributed by atoms with Gasteiger partial charge in [0, 0.05) is 0 Å². The molecule has 0 aliphatic carbocycles. The molecule has 0 saturated heterocycles. The fourth-order valence-corrected chi connectivity index (χ4v) is 0. The van der Waals surface area contributed by atoms with Gasteiger partial charge < -0.3 is 17.2 Å². The van der Waals surface area contributed by atoms with Crippen molar-refractivity contribution >= 4 is 12.9 Å². The van der Waals surface area contributed by atoms with Crippen molar-refractivity contribution in [1.29, 1.82) is 0 Å². The van der Waals surface area contributed by atoms with Crippen molar-refractivity contribution < 1.29 is 9.49 Å². The molecule has 0 aromatic carbocycles. The van der Waals surface area contributed by atoms with Crippen LogP contribution in [-0.4, -0.2) is 5.21 Å². The van der Waals surface area contributed by atoms with Crippen LogP contribution >= 0.6 is 0 Å². The molecule has 0 radical (unpaired) electrons.